The van der Waals surface area contributed by atoms with Crippen LogP contribution in [0.5, 0.6) is 0 Å². The van der Waals surface area contributed by atoms with E-state index in [9.17, 15) is 19.2 Å². The van der Waals surface area contributed by atoms with Crippen LogP contribution in [0.25, 0.3) is 0 Å². The highest BCUT2D eigenvalue weighted by molar-refractivity contribution is 9.09. The highest BCUT2D eigenvalue weighted by Crippen LogP contribution is 2.18. The minimum absolute atomic E-state index is 0.00281. The summed E-state index contributed by atoms with van der Waals surface area (Å²) in [4.78, 5) is 46.2. The highest BCUT2D eigenvalue weighted by atomic mass is 79.9. The Morgan fingerprint density at radius 3 is 1.06 bits per heavy atom. The Kier molecular flexibility index (Phi) is 63.7. The number of rotatable bonds is 48. The first kappa shape index (κ1) is 71.0. The first-order valence-corrected chi connectivity index (χ1v) is 29.8. The molecule has 0 radical (unpaired) electrons. The minimum Gasteiger partial charge on any atom is -0.461 e. The van der Waals surface area contributed by atoms with Gasteiger partial charge in [0, 0.05) is 0 Å². The number of nitrogens with two attached hydrogens (primary N) is 1. The molecule has 0 saturated heterocycles. The Morgan fingerprint density at radius 1 is 0.406 bits per heavy atom. The van der Waals surface area contributed by atoms with Gasteiger partial charge in [-0.3, -0.25) is 24.5 Å². The quantitative estimate of drug-likeness (QED) is 0.0199. The van der Waals surface area contributed by atoms with Crippen LogP contribution in [0.1, 0.15) is 273 Å². The SMILES string of the molecule is CCCCCC/C=C\COC(=O)CBr.CCCCCC/C=C\COC(=O)CNCC(=O)OC(CCCCCCC)CCCCCCCC.CCCCCCCCC(CCCCCCC)OC(=O)CN. The van der Waals surface area contributed by atoms with Crippen molar-refractivity contribution in [3.8, 4) is 0 Å². The van der Waals surface area contributed by atoms with Gasteiger partial charge in [0.05, 0.1) is 19.6 Å². The molecule has 11 heteroatoms. The average Bonchev–Trinajstić information content (AvgIpc) is 3.35. The van der Waals surface area contributed by atoms with Gasteiger partial charge < -0.3 is 24.7 Å². The van der Waals surface area contributed by atoms with Crippen LogP contribution in [-0.4, -0.2) is 74.3 Å². The molecule has 3 N–H and O–H groups in total. The van der Waals surface area contributed by atoms with E-state index in [1.165, 1.54) is 180 Å². The molecule has 0 heterocycles. The van der Waals surface area contributed by atoms with Gasteiger partial charge in [0.1, 0.15) is 30.8 Å². The van der Waals surface area contributed by atoms with E-state index >= 15 is 0 Å². The van der Waals surface area contributed by atoms with E-state index in [0.717, 1.165) is 51.4 Å². The zero-order valence-corrected chi connectivity index (χ0v) is 47.5. The molecule has 2 unspecified atom stereocenters. The van der Waals surface area contributed by atoms with Crippen LogP contribution >= 0.6 is 15.9 Å². The third kappa shape index (κ3) is 61.8. The van der Waals surface area contributed by atoms with Crippen molar-refractivity contribution in [1.29, 1.82) is 0 Å². The number of halogens is 1. The Balaban J connectivity index is -0.00000105. The molecular formula is C58H111BrN2O8. The van der Waals surface area contributed by atoms with Gasteiger partial charge in [0.25, 0.3) is 0 Å². The van der Waals surface area contributed by atoms with Crippen LogP contribution in [0, 0.1) is 0 Å². The lowest BCUT2D eigenvalue weighted by atomic mass is 10.0. The minimum atomic E-state index is -0.344. The van der Waals surface area contributed by atoms with Gasteiger partial charge in [-0.05, 0) is 77.0 Å². The van der Waals surface area contributed by atoms with Gasteiger partial charge in [-0.25, -0.2) is 0 Å². The topological polar surface area (TPSA) is 143 Å². The first-order valence-electron chi connectivity index (χ1n) is 28.7. The molecule has 0 aromatic rings. The molecule has 2 atom stereocenters. The average molecular weight is 1040 g/mol. The normalized spacial score (nSPS) is 11.9. The fourth-order valence-electron chi connectivity index (χ4n) is 7.63. The van der Waals surface area contributed by atoms with Gasteiger partial charge in [-0.1, -0.05) is 236 Å². The lowest BCUT2D eigenvalue weighted by Crippen LogP contribution is -2.32. The van der Waals surface area contributed by atoms with E-state index in [1.54, 1.807) is 0 Å². The van der Waals surface area contributed by atoms with E-state index in [1.807, 2.05) is 12.2 Å². The number of alkyl halides is 1. The van der Waals surface area contributed by atoms with Crippen molar-refractivity contribution < 1.29 is 38.1 Å². The predicted octanol–water partition coefficient (Wildman–Crippen LogP) is 16.1. The summed E-state index contributed by atoms with van der Waals surface area (Å²) < 4.78 is 21.2. The highest BCUT2D eigenvalue weighted by Gasteiger charge is 2.15. The molecule has 0 amide bonds. The molecule has 408 valence electrons. The fraction of sp³-hybridized carbons (Fsp3) is 0.862. The van der Waals surface area contributed by atoms with E-state index < -0.39 is 0 Å². The molecule has 0 rings (SSSR count). The zero-order chi connectivity index (χ0) is 51.5. The lowest BCUT2D eigenvalue weighted by Gasteiger charge is -2.18. The van der Waals surface area contributed by atoms with E-state index in [0.29, 0.717) is 6.61 Å². The number of esters is 4. The Labute approximate surface area is 434 Å². The molecule has 69 heavy (non-hydrogen) atoms. The van der Waals surface area contributed by atoms with Gasteiger partial charge in [-0.15, -0.1) is 0 Å². The molecule has 0 bridgehead atoms. The number of hydrogen-bond acceptors (Lipinski definition) is 10. The molecule has 0 aliphatic rings. The number of carbonyl (C=O) groups excluding carboxylic acids is 4. The maximum Gasteiger partial charge on any atom is 0.320 e. The van der Waals surface area contributed by atoms with Gasteiger partial charge >= 0.3 is 23.9 Å². The number of unbranched alkanes of at least 4 members (excludes halogenated alkanes) is 26. The lowest BCUT2D eigenvalue weighted by molar-refractivity contribution is -0.149. The molecule has 0 aromatic heterocycles. The summed E-state index contributed by atoms with van der Waals surface area (Å²) >= 11 is 3.03. The van der Waals surface area contributed by atoms with Crippen LogP contribution in [-0.2, 0) is 38.1 Å². The molecule has 0 aliphatic heterocycles. The van der Waals surface area contributed by atoms with Crippen LogP contribution in [0.3, 0.4) is 0 Å². The molecule has 0 fully saturated rings. The monoisotopic (exact) mass is 1040 g/mol. The zero-order valence-electron chi connectivity index (χ0n) is 45.9. The smallest absolute Gasteiger partial charge is 0.320 e. The van der Waals surface area contributed by atoms with Crippen molar-refractivity contribution >= 4 is 39.8 Å². The van der Waals surface area contributed by atoms with Crippen molar-refractivity contribution in [2.75, 3.05) is 38.2 Å². The Hall–Kier alpha value is -2.24. The molecule has 10 nitrogen and oxygen atoms in total. The van der Waals surface area contributed by atoms with E-state index in [2.05, 4.69) is 74.9 Å². The van der Waals surface area contributed by atoms with Gasteiger partial charge in [0.2, 0.25) is 0 Å². The predicted molar refractivity (Wildman–Crippen MR) is 296 cm³/mol. The number of hydrogen-bond donors (Lipinski definition) is 2. The summed E-state index contributed by atoms with van der Waals surface area (Å²) in [5.74, 6) is -1.08. The van der Waals surface area contributed by atoms with Crippen molar-refractivity contribution in [2.24, 2.45) is 5.73 Å². The number of allylic oxidation sites excluding steroid dienone is 2. The summed E-state index contributed by atoms with van der Waals surface area (Å²) in [5, 5.41) is 3.14. The number of carbonyl (C=O) groups is 4. The van der Waals surface area contributed by atoms with Crippen molar-refractivity contribution in [1.82, 2.24) is 5.32 Å². The van der Waals surface area contributed by atoms with Crippen molar-refractivity contribution in [3.63, 3.8) is 0 Å². The maximum absolute atomic E-state index is 12.3. The van der Waals surface area contributed by atoms with Crippen molar-refractivity contribution in [3.05, 3.63) is 24.3 Å². The van der Waals surface area contributed by atoms with Crippen LogP contribution in [0.4, 0.5) is 0 Å². The first-order chi connectivity index (χ1) is 33.7. The molecule has 0 aliphatic carbocycles. The Morgan fingerprint density at radius 2 is 0.710 bits per heavy atom. The summed E-state index contributed by atoms with van der Waals surface area (Å²) in [7, 11) is 0. The van der Waals surface area contributed by atoms with Crippen LogP contribution in [0.2, 0.25) is 0 Å². The summed E-state index contributed by atoms with van der Waals surface area (Å²) in [6.07, 6.45) is 51.6. The largest absolute Gasteiger partial charge is 0.461 e. The molecule has 0 spiro atoms. The second-order valence-electron chi connectivity index (χ2n) is 18.7. The maximum atomic E-state index is 12.3. The summed E-state index contributed by atoms with van der Waals surface area (Å²) in [6.45, 7) is 14.1. The van der Waals surface area contributed by atoms with Gasteiger partial charge in [0.15, 0.2) is 0 Å². The van der Waals surface area contributed by atoms with Gasteiger partial charge in [-0.2, -0.15) is 0 Å². The summed E-state index contributed by atoms with van der Waals surface area (Å²) in [5.41, 5.74) is 5.35. The fourth-order valence-corrected chi connectivity index (χ4v) is 7.79. The van der Waals surface area contributed by atoms with Crippen LogP contribution < -0.4 is 11.1 Å². The van der Waals surface area contributed by atoms with E-state index in [4.69, 9.17) is 24.7 Å². The second-order valence-corrected chi connectivity index (χ2v) is 19.3. The third-order valence-electron chi connectivity index (χ3n) is 11.9. The Bertz CT molecular complexity index is 1150. The number of ether oxygens (including phenoxy) is 4. The molecule has 0 saturated carbocycles. The molecule has 0 aromatic carbocycles. The van der Waals surface area contributed by atoms with Crippen molar-refractivity contribution in [2.45, 2.75) is 285 Å². The second kappa shape index (κ2) is 61.9. The summed E-state index contributed by atoms with van der Waals surface area (Å²) in [6, 6.07) is 0. The molecular weight excluding hydrogens is 933 g/mol. The van der Waals surface area contributed by atoms with Crippen LogP contribution in [0.15, 0.2) is 24.3 Å². The standard InChI is InChI=1S/C29H55NO4.C18H37NO2.C11H19BrO2/c1-4-7-10-13-15-18-21-24-33-28(31)25-30-26-29(32)34-27(22-19-16-12-9-6-3)23-20-17-14-11-8-5-2;1-3-5-7-9-11-13-15-17(21-18(20)16-19)14-12-10-8-6-4-2;1-2-3-4-5-6-7-8-9-14-11(13)10-12/h18,21,27,30H,4-17,19-20,22-26H2,1-3H3;17H,3-16,19H2,1-2H3;7-8H,2-6,9-10H2,1H3/b21-18-;;8-7-. The number of nitrogens with one attached hydrogen (secondary N) is 1. The third-order valence-corrected chi connectivity index (χ3v) is 12.4. The van der Waals surface area contributed by atoms with E-state index in [-0.39, 0.29) is 67.7 Å².